The molecule has 5 aromatic rings. The van der Waals surface area contributed by atoms with E-state index >= 15 is 0 Å². The summed E-state index contributed by atoms with van der Waals surface area (Å²) >= 11 is 0. The number of hydrogen-bond acceptors (Lipinski definition) is 5. The highest BCUT2D eigenvalue weighted by Crippen LogP contribution is 2.40. The molecular weight excluding hydrogens is 454 g/mol. The zero-order chi connectivity index (χ0) is 25.8. The fourth-order valence-corrected chi connectivity index (χ4v) is 4.42. The Morgan fingerprint density at radius 2 is 1.14 bits per heavy atom. The second-order valence-electron chi connectivity index (χ2n) is 8.36. The van der Waals surface area contributed by atoms with Gasteiger partial charge in [0.15, 0.2) is 0 Å². The predicted octanol–water partition coefficient (Wildman–Crippen LogP) is 7.46. The molecule has 0 bridgehead atoms. The van der Waals surface area contributed by atoms with E-state index in [0.29, 0.717) is 27.9 Å². The number of hydrogen-bond donors (Lipinski definition) is 0. The first-order valence-electron chi connectivity index (χ1n) is 11.4. The minimum atomic E-state index is 0.332. The van der Waals surface area contributed by atoms with Crippen LogP contribution in [-0.2, 0) is 0 Å². The van der Waals surface area contributed by atoms with Crippen LogP contribution in [0.2, 0.25) is 0 Å². The Morgan fingerprint density at radius 3 is 1.81 bits per heavy atom. The quantitative estimate of drug-likeness (QED) is 0.271. The molecule has 0 aliphatic heterocycles. The predicted molar refractivity (Wildman–Crippen MR) is 143 cm³/mol. The molecule has 0 unspecified atom stereocenters. The first-order chi connectivity index (χ1) is 18.1. The average Bonchev–Trinajstić information content (AvgIpc) is 2.97. The third-order valence-corrected chi connectivity index (χ3v) is 6.16. The van der Waals surface area contributed by atoms with E-state index in [2.05, 4.69) is 18.2 Å². The van der Waals surface area contributed by atoms with Gasteiger partial charge in [-0.1, -0.05) is 54.6 Å². The maximum Gasteiger partial charge on any atom is 0.101 e. The first-order valence-corrected chi connectivity index (χ1v) is 11.4. The van der Waals surface area contributed by atoms with Crippen LogP contribution < -0.4 is 4.90 Å². The lowest BCUT2D eigenvalue weighted by molar-refractivity contribution is 1.28. The Morgan fingerprint density at radius 1 is 0.486 bits per heavy atom. The summed E-state index contributed by atoms with van der Waals surface area (Å²) in [6.07, 6.45) is 0. The molecule has 0 saturated heterocycles. The van der Waals surface area contributed by atoms with Crippen molar-refractivity contribution >= 4 is 27.8 Å². The highest BCUT2D eigenvalue weighted by atomic mass is 15.1. The van der Waals surface area contributed by atoms with E-state index in [1.54, 1.807) is 30.3 Å². The fourth-order valence-electron chi connectivity index (χ4n) is 4.42. The summed E-state index contributed by atoms with van der Waals surface area (Å²) in [5, 5.41) is 39.9. The number of anilines is 3. The summed E-state index contributed by atoms with van der Waals surface area (Å²) in [6, 6.07) is 40.7. The third-order valence-electron chi connectivity index (χ3n) is 6.16. The molecule has 5 aromatic carbocycles. The number of nitrogens with zero attached hydrogens (tertiary/aromatic N) is 5. The summed E-state index contributed by atoms with van der Waals surface area (Å²) < 4.78 is 0. The lowest BCUT2D eigenvalue weighted by Crippen LogP contribution is -2.11. The monoisotopic (exact) mass is 471 g/mol. The van der Waals surface area contributed by atoms with E-state index < -0.39 is 0 Å². The van der Waals surface area contributed by atoms with Gasteiger partial charge in [-0.3, -0.25) is 0 Å². The first kappa shape index (κ1) is 22.9. The molecule has 5 nitrogen and oxygen atoms in total. The molecule has 0 atom stereocenters. The minimum absolute atomic E-state index is 0.332. The summed E-state index contributed by atoms with van der Waals surface area (Å²) in [5.74, 6) is 0. The highest BCUT2D eigenvalue weighted by molar-refractivity contribution is 5.99. The summed E-state index contributed by atoms with van der Waals surface area (Å²) in [6.45, 7) is 0. The Balaban J connectivity index is 1.68. The Hall–Kier alpha value is -5.88. The highest BCUT2D eigenvalue weighted by Gasteiger charge is 2.17. The van der Waals surface area contributed by atoms with E-state index in [-0.39, 0.29) is 0 Å². The van der Waals surface area contributed by atoms with Crippen molar-refractivity contribution < 1.29 is 0 Å². The average molecular weight is 472 g/mol. The van der Waals surface area contributed by atoms with Gasteiger partial charge in [0.05, 0.1) is 40.1 Å². The van der Waals surface area contributed by atoms with E-state index in [0.717, 1.165) is 33.3 Å². The van der Waals surface area contributed by atoms with Gasteiger partial charge in [0.1, 0.15) is 12.1 Å². The Labute approximate surface area is 214 Å². The number of nitriles is 4. The van der Waals surface area contributed by atoms with Gasteiger partial charge in [0, 0.05) is 16.8 Å². The molecular formula is C32H17N5. The van der Waals surface area contributed by atoms with Crippen molar-refractivity contribution in [2.75, 3.05) is 4.90 Å². The SMILES string of the molecule is N#Cc1cc(C#N)cc(N(c2ccc(-c3ccc(C#N)c(C#N)c3)cc2)c2cccc3ccccc23)c1. The number of fused-ring (bicyclic) bond motifs is 1. The van der Waals surface area contributed by atoms with E-state index in [4.69, 9.17) is 0 Å². The van der Waals surface area contributed by atoms with Crippen molar-refractivity contribution in [1.82, 2.24) is 0 Å². The van der Waals surface area contributed by atoms with Gasteiger partial charge in [-0.15, -0.1) is 0 Å². The summed E-state index contributed by atoms with van der Waals surface area (Å²) in [5.41, 5.74) is 5.65. The van der Waals surface area contributed by atoms with Crippen molar-refractivity contribution in [2.45, 2.75) is 0 Å². The van der Waals surface area contributed by atoms with Gasteiger partial charge >= 0.3 is 0 Å². The van der Waals surface area contributed by atoms with Crippen molar-refractivity contribution in [2.24, 2.45) is 0 Å². The van der Waals surface area contributed by atoms with Crippen LogP contribution in [0.3, 0.4) is 0 Å². The topological polar surface area (TPSA) is 98.4 Å². The third kappa shape index (κ3) is 4.34. The lowest BCUT2D eigenvalue weighted by atomic mass is 9.99. The Kier molecular flexibility index (Phi) is 6.05. The van der Waals surface area contributed by atoms with Crippen LogP contribution in [0.5, 0.6) is 0 Å². The zero-order valence-corrected chi connectivity index (χ0v) is 19.6. The molecule has 5 heteroatoms. The van der Waals surface area contributed by atoms with Crippen molar-refractivity contribution in [1.29, 1.82) is 21.0 Å². The maximum atomic E-state index is 9.60. The Bertz CT molecular complexity index is 1790. The second-order valence-corrected chi connectivity index (χ2v) is 8.36. The van der Waals surface area contributed by atoms with Crippen LogP contribution >= 0.6 is 0 Å². The van der Waals surface area contributed by atoms with Gasteiger partial charge in [-0.25, -0.2) is 0 Å². The molecule has 0 radical (unpaired) electrons. The van der Waals surface area contributed by atoms with Crippen LogP contribution in [0.4, 0.5) is 17.1 Å². The minimum Gasteiger partial charge on any atom is -0.310 e. The molecule has 0 saturated carbocycles. The summed E-state index contributed by atoms with van der Waals surface area (Å²) in [4.78, 5) is 2.04. The van der Waals surface area contributed by atoms with Crippen LogP contribution in [0.25, 0.3) is 21.9 Å². The standard InChI is InChI=1S/C32H17N5/c33-18-22-14-23(19-34)16-30(15-22)37(32-7-3-5-25-4-1-2-6-31(25)32)29-12-10-24(11-13-29)26-8-9-27(20-35)28(17-26)21-36/h1-17H. The molecule has 0 spiro atoms. The van der Waals surface area contributed by atoms with E-state index in [1.807, 2.05) is 83.8 Å². The van der Waals surface area contributed by atoms with Crippen LogP contribution in [0.1, 0.15) is 22.3 Å². The zero-order valence-electron chi connectivity index (χ0n) is 19.6. The number of benzene rings is 5. The van der Waals surface area contributed by atoms with Crippen LogP contribution in [-0.4, -0.2) is 0 Å². The van der Waals surface area contributed by atoms with Crippen molar-refractivity contribution in [3.63, 3.8) is 0 Å². The molecule has 0 amide bonds. The molecule has 0 aromatic heterocycles. The normalized spacial score (nSPS) is 10.1. The van der Waals surface area contributed by atoms with E-state index in [9.17, 15) is 21.0 Å². The molecule has 0 fully saturated rings. The smallest absolute Gasteiger partial charge is 0.101 e. The van der Waals surface area contributed by atoms with Gasteiger partial charge < -0.3 is 4.90 Å². The van der Waals surface area contributed by atoms with Crippen LogP contribution in [0, 0.1) is 45.3 Å². The summed E-state index contributed by atoms with van der Waals surface area (Å²) in [7, 11) is 0. The van der Waals surface area contributed by atoms with Gasteiger partial charge in [-0.2, -0.15) is 21.0 Å². The van der Waals surface area contributed by atoms with Gasteiger partial charge in [0.25, 0.3) is 0 Å². The largest absolute Gasteiger partial charge is 0.310 e. The molecule has 37 heavy (non-hydrogen) atoms. The van der Waals surface area contributed by atoms with Gasteiger partial charge in [0.2, 0.25) is 0 Å². The molecule has 0 aliphatic rings. The molecule has 5 rings (SSSR count). The van der Waals surface area contributed by atoms with E-state index in [1.165, 1.54) is 0 Å². The van der Waals surface area contributed by atoms with Crippen molar-refractivity contribution in [3.05, 3.63) is 125 Å². The van der Waals surface area contributed by atoms with Crippen LogP contribution in [0.15, 0.2) is 103 Å². The molecule has 0 heterocycles. The molecule has 0 aliphatic carbocycles. The molecule has 170 valence electrons. The fraction of sp³-hybridized carbons (Fsp3) is 0. The molecule has 0 N–H and O–H groups in total. The van der Waals surface area contributed by atoms with Crippen molar-refractivity contribution in [3.8, 4) is 35.4 Å². The number of rotatable bonds is 4. The lowest BCUT2D eigenvalue weighted by Gasteiger charge is -2.27. The second kappa shape index (κ2) is 9.77. The van der Waals surface area contributed by atoms with Gasteiger partial charge in [-0.05, 0) is 65.0 Å². The maximum absolute atomic E-state index is 9.60.